The van der Waals surface area contributed by atoms with E-state index >= 15 is 0 Å². The van der Waals surface area contributed by atoms with Gasteiger partial charge in [-0.25, -0.2) is 0 Å². The fourth-order valence-corrected chi connectivity index (χ4v) is 3.39. The van der Waals surface area contributed by atoms with Gasteiger partial charge in [0.05, 0.1) is 24.6 Å². The number of rotatable bonds is 7. The second kappa shape index (κ2) is 6.78. The summed E-state index contributed by atoms with van der Waals surface area (Å²) in [6.45, 7) is 5.99. The molecule has 0 aromatic carbocycles. The Kier molecular flexibility index (Phi) is 5.85. The number of amides is 1. The average molecular weight is 304 g/mol. The molecule has 0 bridgehead atoms. The van der Waals surface area contributed by atoms with Crippen LogP contribution in [0.15, 0.2) is 0 Å². The predicted molar refractivity (Wildman–Crippen MR) is 78.5 cm³/mol. The Labute approximate surface area is 123 Å². The molecule has 0 aromatic heterocycles. The van der Waals surface area contributed by atoms with Gasteiger partial charge in [0.15, 0.2) is 0 Å². The summed E-state index contributed by atoms with van der Waals surface area (Å²) in [5.74, 6) is -0.215. The highest BCUT2D eigenvalue weighted by molar-refractivity contribution is 8.02. The van der Waals surface area contributed by atoms with Crippen LogP contribution in [-0.4, -0.2) is 50.8 Å². The van der Waals surface area contributed by atoms with Crippen LogP contribution < -0.4 is 11.1 Å². The molecule has 3 unspecified atom stereocenters. The minimum atomic E-state index is -1.12. The molecular weight excluding hydrogens is 280 g/mol. The number of thioether (sulfide) groups is 1. The molecule has 116 valence electrons. The lowest BCUT2D eigenvalue weighted by Crippen LogP contribution is -2.51. The van der Waals surface area contributed by atoms with Gasteiger partial charge < -0.3 is 21.3 Å². The van der Waals surface area contributed by atoms with Gasteiger partial charge in [-0.3, -0.25) is 9.59 Å². The number of aliphatic hydroxyl groups excluding tert-OH is 1. The van der Waals surface area contributed by atoms with Crippen molar-refractivity contribution in [3.63, 3.8) is 0 Å². The van der Waals surface area contributed by atoms with Crippen LogP contribution in [0.2, 0.25) is 0 Å². The van der Waals surface area contributed by atoms with Crippen LogP contribution in [0.4, 0.5) is 0 Å². The summed E-state index contributed by atoms with van der Waals surface area (Å²) in [6, 6.07) is -1.53. The van der Waals surface area contributed by atoms with Crippen LogP contribution in [0, 0.1) is 5.92 Å². The van der Waals surface area contributed by atoms with E-state index in [9.17, 15) is 14.7 Å². The molecule has 0 aliphatic carbocycles. The second-order valence-corrected chi connectivity index (χ2v) is 7.59. The third kappa shape index (κ3) is 4.64. The molecule has 1 amide bonds. The summed E-state index contributed by atoms with van der Waals surface area (Å²) in [7, 11) is 0. The molecular formula is C13H24N2O4S. The molecule has 20 heavy (non-hydrogen) atoms. The molecule has 1 fully saturated rings. The van der Waals surface area contributed by atoms with Crippen LogP contribution >= 0.6 is 11.8 Å². The average Bonchev–Trinajstić information content (AvgIpc) is 2.33. The van der Waals surface area contributed by atoms with Gasteiger partial charge >= 0.3 is 5.97 Å². The third-order valence-electron chi connectivity index (χ3n) is 3.84. The molecule has 0 saturated carbocycles. The molecule has 0 radical (unpaired) electrons. The van der Waals surface area contributed by atoms with Crippen molar-refractivity contribution in [1.82, 2.24) is 5.32 Å². The lowest BCUT2D eigenvalue weighted by molar-refractivity contribution is -0.139. The fourth-order valence-electron chi connectivity index (χ4n) is 2.09. The van der Waals surface area contributed by atoms with E-state index in [4.69, 9.17) is 10.8 Å². The Bertz CT molecular complexity index is 375. The van der Waals surface area contributed by atoms with E-state index in [0.717, 1.165) is 5.75 Å². The normalized spacial score (nSPS) is 25.1. The Morgan fingerprint density at radius 3 is 2.50 bits per heavy atom. The van der Waals surface area contributed by atoms with Crippen LogP contribution in [-0.2, 0) is 9.59 Å². The molecule has 6 nitrogen and oxygen atoms in total. The quantitative estimate of drug-likeness (QED) is 0.534. The van der Waals surface area contributed by atoms with Crippen LogP contribution in [0.3, 0.4) is 0 Å². The van der Waals surface area contributed by atoms with E-state index in [-0.39, 0.29) is 4.75 Å². The minimum absolute atomic E-state index is 0.171. The number of carboxylic acids is 1. The maximum Gasteiger partial charge on any atom is 0.305 e. The summed E-state index contributed by atoms with van der Waals surface area (Å²) >= 11 is 1.87. The van der Waals surface area contributed by atoms with Gasteiger partial charge in [0.1, 0.15) is 0 Å². The van der Waals surface area contributed by atoms with Gasteiger partial charge in [0.25, 0.3) is 0 Å². The van der Waals surface area contributed by atoms with Gasteiger partial charge in [-0.2, -0.15) is 11.8 Å². The van der Waals surface area contributed by atoms with E-state index in [1.54, 1.807) is 6.92 Å². The molecule has 1 aliphatic rings. The molecule has 1 heterocycles. The van der Waals surface area contributed by atoms with Crippen molar-refractivity contribution in [3.8, 4) is 0 Å². The van der Waals surface area contributed by atoms with Crippen molar-refractivity contribution in [1.29, 1.82) is 0 Å². The second-order valence-electron chi connectivity index (χ2n) is 5.92. The van der Waals surface area contributed by atoms with Gasteiger partial charge in [0.2, 0.25) is 5.91 Å². The smallest absolute Gasteiger partial charge is 0.305 e. The van der Waals surface area contributed by atoms with Gasteiger partial charge in [-0.1, -0.05) is 13.8 Å². The topological polar surface area (TPSA) is 113 Å². The molecule has 0 aromatic rings. The lowest BCUT2D eigenvalue weighted by atomic mass is 9.88. The number of aliphatic hydroxyl groups is 1. The summed E-state index contributed by atoms with van der Waals surface area (Å²) in [5.41, 5.74) is 5.47. The standard InChI is InChI=1S/C13H24N2O4S/c1-7(15-12(19)9(14)5-11(17)18)10(16)4-8-6-20-13(8,2)3/h7-10,16H,4-6,14H2,1-3H3,(H,15,19)(H,17,18)/t7?,8?,9-,10?/m0/s1. The fraction of sp³-hybridized carbons (Fsp3) is 0.846. The van der Waals surface area contributed by atoms with Crippen LogP contribution in [0.25, 0.3) is 0 Å². The molecule has 7 heteroatoms. The maximum absolute atomic E-state index is 11.7. The predicted octanol–water partition coefficient (Wildman–Crippen LogP) is 0.186. The minimum Gasteiger partial charge on any atom is -0.481 e. The zero-order valence-corrected chi connectivity index (χ0v) is 12.9. The Balaban J connectivity index is 2.39. The highest BCUT2D eigenvalue weighted by Crippen LogP contribution is 2.47. The van der Waals surface area contributed by atoms with Gasteiger partial charge in [-0.15, -0.1) is 0 Å². The van der Waals surface area contributed by atoms with Crippen LogP contribution in [0.1, 0.15) is 33.6 Å². The first-order chi connectivity index (χ1) is 9.13. The number of carbonyl (C=O) groups is 2. The Morgan fingerprint density at radius 2 is 2.10 bits per heavy atom. The largest absolute Gasteiger partial charge is 0.481 e. The van der Waals surface area contributed by atoms with Crippen molar-refractivity contribution in [2.45, 2.75) is 56.5 Å². The Hall–Kier alpha value is -0.790. The number of nitrogens with one attached hydrogen (secondary N) is 1. The molecule has 1 rings (SSSR count). The number of hydrogen-bond acceptors (Lipinski definition) is 5. The van der Waals surface area contributed by atoms with Crippen molar-refractivity contribution < 1.29 is 19.8 Å². The molecule has 4 atom stereocenters. The Morgan fingerprint density at radius 1 is 1.50 bits per heavy atom. The summed E-state index contributed by atoms with van der Waals surface area (Å²) in [5, 5.41) is 21.3. The number of carboxylic acid groups (broad SMARTS) is 1. The first kappa shape index (κ1) is 17.3. The first-order valence-electron chi connectivity index (χ1n) is 6.73. The highest BCUT2D eigenvalue weighted by Gasteiger charge is 2.41. The highest BCUT2D eigenvalue weighted by atomic mass is 32.2. The molecule has 0 spiro atoms. The van der Waals surface area contributed by atoms with Crippen molar-refractivity contribution in [2.75, 3.05) is 5.75 Å². The molecule has 1 saturated heterocycles. The SMILES string of the molecule is CC(NC(=O)[C@@H](N)CC(=O)O)C(O)CC1CSC1(C)C. The van der Waals surface area contributed by atoms with Crippen molar-refractivity contribution >= 4 is 23.6 Å². The third-order valence-corrected chi connectivity index (χ3v) is 5.49. The van der Waals surface area contributed by atoms with E-state index in [0.29, 0.717) is 12.3 Å². The number of hydrogen-bond donors (Lipinski definition) is 4. The first-order valence-corrected chi connectivity index (χ1v) is 7.72. The summed E-state index contributed by atoms with van der Waals surface area (Å²) in [4.78, 5) is 22.2. The van der Waals surface area contributed by atoms with E-state index in [1.165, 1.54) is 0 Å². The van der Waals surface area contributed by atoms with Crippen molar-refractivity contribution in [3.05, 3.63) is 0 Å². The monoisotopic (exact) mass is 304 g/mol. The zero-order chi connectivity index (χ0) is 15.5. The van der Waals surface area contributed by atoms with Gasteiger partial charge in [-0.05, 0) is 25.0 Å². The van der Waals surface area contributed by atoms with Crippen molar-refractivity contribution in [2.24, 2.45) is 11.7 Å². The molecule has 1 aliphatic heterocycles. The van der Waals surface area contributed by atoms with Crippen LogP contribution in [0.5, 0.6) is 0 Å². The lowest BCUT2D eigenvalue weighted by Gasteiger charge is -2.45. The zero-order valence-electron chi connectivity index (χ0n) is 12.1. The molecule has 5 N–H and O–H groups in total. The number of carbonyl (C=O) groups excluding carboxylic acids is 1. The van der Waals surface area contributed by atoms with E-state index < -0.39 is 36.5 Å². The summed E-state index contributed by atoms with van der Waals surface area (Å²) in [6.07, 6.45) is -0.447. The van der Waals surface area contributed by atoms with Gasteiger partial charge in [0, 0.05) is 4.75 Å². The number of aliphatic carboxylic acids is 1. The van der Waals surface area contributed by atoms with E-state index in [2.05, 4.69) is 19.2 Å². The van der Waals surface area contributed by atoms with E-state index in [1.807, 2.05) is 11.8 Å². The maximum atomic E-state index is 11.7. The summed E-state index contributed by atoms with van der Waals surface area (Å²) < 4.78 is 0.171. The number of nitrogens with two attached hydrogens (primary N) is 1.